The van der Waals surface area contributed by atoms with Gasteiger partial charge in [-0.25, -0.2) is 4.39 Å². The molecule has 1 atom stereocenters. The van der Waals surface area contributed by atoms with Gasteiger partial charge in [-0.3, -0.25) is 9.78 Å². The average molecular weight is 258 g/mol. The van der Waals surface area contributed by atoms with Gasteiger partial charge in [0.1, 0.15) is 5.82 Å². The quantitative estimate of drug-likeness (QED) is 0.913. The first kappa shape index (κ1) is 13.2. The van der Waals surface area contributed by atoms with Crippen LogP contribution in [0, 0.1) is 5.82 Å². The fourth-order valence-corrected chi connectivity index (χ4v) is 1.83. The molecule has 0 bridgehead atoms. The van der Waals surface area contributed by atoms with E-state index in [1.54, 1.807) is 30.6 Å². The number of halogens is 1. The molecule has 4 heteroatoms. The summed E-state index contributed by atoms with van der Waals surface area (Å²) in [7, 11) is 0. The Bertz CT molecular complexity index is 557. The van der Waals surface area contributed by atoms with Crippen LogP contribution in [0.25, 0.3) is 0 Å². The minimum absolute atomic E-state index is 0.0421. The maximum Gasteiger partial charge on any atom is 0.225 e. The number of anilines is 1. The Morgan fingerprint density at radius 2 is 2.11 bits per heavy atom. The summed E-state index contributed by atoms with van der Waals surface area (Å²) in [4.78, 5) is 15.9. The molecule has 1 N–H and O–H groups in total. The number of hydrogen-bond donors (Lipinski definition) is 1. The highest BCUT2D eigenvalue weighted by molar-refractivity contribution is 5.91. The number of carbonyl (C=O) groups is 1. The van der Waals surface area contributed by atoms with Crippen LogP contribution in [0.1, 0.15) is 24.8 Å². The van der Waals surface area contributed by atoms with Crippen molar-refractivity contribution in [2.24, 2.45) is 0 Å². The van der Waals surface area contributed by atoms with Gasteiger partial charge in [0.2, 0.25) is 5.91 Å². The number of nitrogens with zero attached hydrogens (tertiary/aromatic N) is 1. The first-order chi connectivity index (χ1) is 9.16. The van der Waals surface area contributed by atoms with Crippen molar-refractivity contribution in [2.45, 2.75) is 19.3 Å². The molecule has 0 radical (unpaired) electrons. The summed E-state index contributed by atoms with van der Waals surface area (Å²) in [5.74, 6) is -0.591. The third-order valence-corrected chi connectivity index (χ3v) is 2.89. The van der Waals surface area contributed by atoms with Crippen LogP contribution in [0.15, 0.2) is 48.8 Å². The molecule has 0 saturated carbocycles. The molecule has 2 aromatic rings. The van der Waals surface area contributed by atoms with Gasteiger partial charge in [0.25, 0.3) is 0 Å². The number of nitrogens with one attached hydrogen (secondary N) is 1. The van der Waals surface area contributed by atoms with Crippen LogP contribution in [0.2, 0.25) is 0 Å². The number of aromatic nitrogens is 1. The van der Waals surface area contributed by atoms with Gasteiger partial charge in [0.15, 0.2) is 0 Å². The fraction of sp³-hybridized carbons (Fsp3) is 0.200. The summed E-state index contributed by atoms with van der Waals surface area (Å²) >= 11 is 0. The summed E-state index contributed by atoms with van der Waals surface area (Å²) in [6.07, 6.45) is 3.72. The minimum atomic E-state index is -0.426. The van der Waals surface area contributed by atoms with E-state index in [2.05, 4.69) is 10.3 Å². The summed E-state index contributed by atoms with van der Waals surface area (Å²) in [6.45, 7) is 1.94. The van der Waals surface area contributed by atoms with Crippen molar-refractivity contribution < 1.29 is 9.18 Å². The van der Waals surface area contributed by atoms with Crippen molar-refractivity contribution in [3.05, 3.63) is 60.2 Å². The molecule has 0 aliphatic carbocycles. The van der Waals surface area contributed by atoms with Crippen LogP contribution in [0.5, 0.6) is 0 Å². The van der Waals surface area contributed by atoms with Crippen molar-refractivity contribution in [2.75, 3.05) is 5.32 Å². The Hall–Kier alpha value is -2.23. The predicted molar refractivity (Wildman–Crippen MR) is 72.3 cm³/mol. The lowest BCUT2D eigenvalue weighted by atomic mass is 9.99. The molecular weight excluding hydrogens is 243 g/mol. The highest BCUT2D eigenvalue weighted by Gasteiger charge is 2.12. The zero-order valence-corrected chi connectivity index (χ0v) is 10.6. The lowest BCUT2D eigenvalue weighted by Crippen LogP contribution is -2.15. The van der Waals surface area contributed by atoms with Crippen molar-refractivity contribution in [3.8, 4) is 0 Å². The third kappa shape index (κ3) is 3.61. The molecule has 0 saturated heterocycles. The maximum absolute atomic E-state index is 13.4. The van der Waals surface area contributed by atoms with Crippen molar-refractivity contribution in [1.82, 2.24) is 4.98 Å². The Kier molecular flexibility index (Phi) is 4.23. The molecule has 0 spiro atoms. The average Bonchev–Trinajstić information content (AvgIpc) is 2.42. The molecule has 1 unspecified atom stereocenters. The number of amides is 1. The number of hydrogen-bond acceptors (Lipinski definition) is 2. The Morgan fingerprint density at radius 1 is 1.32 bits per heavy atom. The maximum atomic E-state index is 13.4. The Morgan fingerprint density at radius 3 is 2.79 bits per heavy atom. The number of pyridine rings is 1. The number of carbonyl (C=O) groups excluding carboxylic acids is 1. The van der Waals surface area contributed by atoms with E-state index in [9.17, 15) is 9.18 Å². The largest absolute Gasteiger partial charge is 0.324 e. The second-order valence-electron chi connectivity index (χ2n) is 4.42. The predicted octanol–water partition coefficient (Wildman–Crippen LogP) is 3.35. The SMILES string of the molecule is CC(CC(=O)Nc1ccccc1F)c1cccnc1. The van der Waals surface area contributed by atoms with Gasteiger partial charge in [-0.2, -0.15) is 0 Å². The molecule has 2 rings (SSSR count). The number of rotatable bonds is 4. The van der Waals surface area contributed by atoms with Crippen molar-refractivity contribution in [1.29, 1.82) is 0 Å². The first-order valence-electron chi connectivity index (χ1n) is 6.11. The van der Waals surface area contributed by atoms with E-state index in [0.717, 1.165) is 5.56 Å². The normalized spacial score (nSPS) is 11.9. The molecule has 1 heterocycles. The van der Waals surface area contributed by atoms with Gasteiger partial charge in [0.05, 0.1) is 5.69 Å². The van der Waals surface area contributed by atoms with Gasteiger partial charge in [-0.05, 0) is 29.7 Å². The molecule has 98 valence electrons. The zero-order valence-electron chi connectivity index (χ0n) is 10.6. The van der Waals surface area contributed by atoms with E-state index in [1.807, 2.05) is 19.1 Å². The van der Waals surface area contributed by atoms with Gasteiger partial charge >= 0.3 is 0 Å². The highest BCUT2D eigenvalue weighted by Crippen LogP contribution is 2.19. The van der Waals surface area contributed by atoms with Crippen molar-refractivity contribution >= 4 is 11.6 Å². The van der Waals surface area contributed by atoms with Crippen molar-refractivity contribution in [3.63, 3.8) is 0 Å². The van der Waals surface area contributed by atoms with E-state index in [0.29, 0.717) is 6.42 Å². The topological polar surface area (TPSA) is 42.0 Å². The van der Waals surface area contributed by atoms with Crippen LogP contribution < -0.4 is 5.32 Å². The van der Waals surface area contributed by atoms with Gasteiger partial charge in [0, 0.05) is 18.8 Å². The van der Waals surface area contributed by atoms with Gasteiger partial charge in [-0.1, -0.05) is 25.1 Å². The lowest BCUT2D eigenvalue weighted by Gasteiger charge is -2.11. The van der Waals surface area contributed by atoms with E-state index < -0.39 is 5.82 Å². The molecular formula is C15H15FN2O. The van der Waals surface area contributed by atoms with E-state index in [-0.39, 0.29) is 17.5 Å². The van der Waals surface area contributed by atoms with Crippen LogP contribution in [-0.4, -0.2) is 10.9 Å². The zero-order chi connectivity index (χ0) is 13.7. The first-order valence-corrected chi connectivity index (χ1v) is 6.11. The molecule has 0 aliphatic rings. The van der Waals surface area contributed by atoms with E-state index in [1.165, 1.54) is 6.07 Å². The Labute approximate surface area is 111 Å². The summed E-state index contributed by atoms with van der Waals surface area (Å²) in [6, 6.07) is 9.89. The third-order valence-electron chi connectivity index (χ3n) is 2.89. The molecule has 0 aliphatic heterocycles. The molecule has 1 aromatic heterocycles. The van der Waals surface area contributed by atoms with Crippen LogP contribution in [0.4, 0.5) is 10.1 Å². The second-order valence-corrected chi connectivity index (χ2v) is 4.42. The summed E-state index contributed by atoms with van der Waals surface area (Å²) < 4.78 is 13.4. The molecule has 3 nitrogen and oxygen atoms in total. The van der Waals surface area contributed by atoms with Gasteiger partial charge < -0.3 is 5.32 Å². The van der Waals surface area contributed by atoms with Crippen LogP contribution in [-0.2, 0) is 4.79 Å². The summed E-state index contributed by atoms with van der Waals surface area (Å²) in [5, 5.41) is 2.58. The molecule has 19 heavy (non-hydrogen) atoms. The fourth-order valence-electron chi connectivity index (χ4n) is 1.83. The Balaban J connectivity index is 1.97. The molecule has 1 amide bonds. The lowest BCUT2D eigenvalue weighted by molar-refractivity contribution is -0.116. The second kappa shape index (κ2) is 6.09. The standard InChI is InChI=1S/C15H15FN2O/c1-11(12-5-4-8-17-10-12)9-15(19)18-14-7-3-2-6-13(14)16/h2-8,10-11H,9H2,1H3,(H,18,19). The molecule has 0 fully saturated rings. The monoisotopic (exact) mass is 258 g/mol. The smallest absolute Gasteiger partial charge is 0.225 e. The van der Waals surface area contributed by atoms with Crippen LogP contribution >= 0.6 is 0 Å². The molecule has 1 aromatic carbocycles. The highest BCUT2D eigenvalue weighted by atomic mass is 19.1. The number of para-hydroxylation sites is 1. The van der Waals surface area contributed by atoms with E-state index in [4.69, 9.17) is 0 Å². The number of benzene rings is 1. The van der Waals surface area contributed by atoms with Crippen LogP contribution in [0.3, 0.4) is 0 Å². The summed E-state index contributed by atoms with van der Waals surface area (Å²) in [5.41, 5.74) is 1.21. The van der Waals surface area contributed by atoms with Gasteiger partial charge in [-0.15, -0.1) is 0 Å². The minimum Gasteiger partial charge on any atom is -0.324 e. The van der Waals surface area contributed by atoms with E-state index >= 15 is 0 Å².